The molecule has 0 aliphatic heterocycles. The van der Waals surface area contributed by atoms with Crippen molar-refractivity contribution >= 4 is 23.5 Å². The van der Waals surface area contributed by atoms with Gasteiger partial charge in [0, 0.05) is 24.5 Å². The lowest BCUT2D eigenvalue weighted by molar-refractivity contribution is 0.0949. The lowest BCUT2D eigenvalue weighted by atomic mass is 10.2. The van der Waals surface area contributed by atoms with Crippen molar-refractivity contribution in [3.05, 3.63) is 23.6 Å². The summed E-state index contributed by atoms with van der Waals surface area (Å²) in [6, 6.07) is 1.40. The first-order chi connectivity index (χ1) is 9.60. The molecular formula is C14H22FN3OS. The van der Waals surface area contributed by atoms with E-state index in [2.05, 4.69) is 22.5 Å². The van der Waals surface area contributed by atoms with Gasteiger partial charge in [0.15, 0.2) is 11.6 Å². The number of nitrogens with zero attached hydrogens (tertiary/aromatic N) is 1. The molecule has 0 saturated carbocycles. The van der Waals surface area contributed by atoms with Crippen molar-refractivity contribution in [3.63, 3.8) is 0 Å². The Balaban J connectivity index is 2.63. The van der Waals surface area contributed by atoms with Crippen LogP contribution in [0.5, 0.6) is 0 Å². The van der Waals surface area contributed by atoms with E-state index in [0.717, 1.165) is 12.8 Å². The molecule has 1 rings (SSSR count). The van der Waals surface area contributed by atoms with E-state index in [1.54, 1.807) is 11.8 Å². The van der Waals surface area contributed by atoms with Gasteiger partial charge in [0.25, 0.3) is 5.91 Å². The molecule has 20 heavy (non-hydrogen) atoms. The van der Waals surface area contributed by atoms with E-state index in [9.17, 15) is 9.18 Å². The monoisotopic (exact) mass is 299 g/mol. The summed E-state index contributed by atoms with van der Waals surface area (Å²) in [6.45, 7) is 5.24. The Bertz CT molecular complexity index is 442. The summed E-state index contributed by atoms with van der Waals surface area (Å²) in [7, 11) is 0. The first-order valence-electron chi connectivity index (χ1n) is 6.79. The van der Waals surface area contributed by atoms with Crippen LogP contribution in [-0.4, -0.2) is 35.5 Å². The van der Waals surface area contributed by atoms with Gasteiger partial charge in [-0.05, 0) is 25.2 Å². The summed E-state index contributed by atoms with van der Waals surface area (Å²) < 4.78 is 14.1. The van der Waals surface area contributed by atoms with Gasteiger partial charge >= 0.3 is 0 Å². The summed E-state index contributed by atoms with van der Waals surface area (Å²) in [6.07, 6.45) is 5.20. The topological polar surface area (TPSA) is 54.0 Å². The van der Waals surface area contributed by atoms with Crippen LogP contribution in [0.1, 0.15) is 37.0 Å². The number of anilines is 1. The van der Waals surface area contributed by atoms with Gasteiger partial charge in [0.05, 0.1) is 5.56 Å². The Kier molecular flexibility index (Phi) is 7.36. The first kappa shape index (κ1) is 16.8. The molecule has 0 aliphatic rings. The van der Waals surface area contributed by atoms with E-state index in [-0.39, 0.29) is 11.4 Å². The van der Waals surface area contributed by atoms with Crippen LogP contribution in [0.3, 0.4) is 0 Å². The number of carbonyl (C=O) groups excluding carboxylic acids is 1. The molecule has 1 aromatic heterocycles. The van der Waals surface area contributed by atoms with Crippen molar-refractivity contribution in [1.29, 1.82) is 0 Å². The van der Waals surface area contributed by atoms with Gasteiger partial charge in [-0.2, -0.15) is 11.8 Å². The molecule has 0 bridgehead atoms. The fraction of sp³-hybridized carbons (Fsp3) is 0.571. The number of nitrogens with one attached hydrogen (secondary N) is 2. The van der Waals surface area contributed by atoms with Gasteiger partial charge in [0.1, 0.15) is 0 Å². The number of hydrogen-bond acceptors (Lipinski definition) is 4. The van der Waals surface area contributed by atoms with Crippen LogP contribution < -0.4 is 10.6 Å². The second kappa shape index (κ2) is 8.79. The Morgan fingerprint density at radius 1 is 1.50 bits per heavy atom. The zero-order chi connectivity index (χ0) is 15.0. The van der Waals surface area contributed by atoms with E-state index >= 15 is 0 Å². The van der Waals surface area contributed by atoms with Gasteiger partial charge in [0.2, 0.25) is 0 Å². The highest BCUT2D eigenvalue weighted by Crippen LogP contribution is 2.15. The van der Waals surface area contributed by atoms with Crippen LogP contribution in [0, 0.1) is 5.82 Å². The van der Waals surface area contributed by atoms with E-state index in [0.29, 0.717) is 18.3 Å². The van der Waals surface area contributed by atoms with Crippen LogP contribution in [0.4, 0.5) is 10.2 Å². The molecule has 1 heterocycles. The van der Waals surface area contributed by atoms with Crippen molar-refractivity contribution in [1.82, 2.24) is 10.3 Å². The van der Waals surface area contributed by atoms with E-state index in [1.807, 2.05) is 13.2 Å². The van der Waals surface area contributed by atoms with Crippen molar-refractivity contribution in [2.24, 2.45) is 0 Å². The molecule has 0 saturated heterocycles. The van der Waals surface area contributed by atoms with Gasteiger partial charge < -0.3 is 10.6 Å². The van der Waals surface area contributed by atoms with E-state index in [1.165, 1.54) is 12.3 Å². The molecule has 0 spiro atoms. The van der Waals surface area contributed by atoms with Crippen molar-refractivity contribution in [3.8, 4) is 0 Å². The first-order valence-corrected chi connectivity index (χ1v) is 8.08. The van der Waals surface area contributed by atoms with Gasteiger partial charge in [-0.1, -0.05) is 13.8 Å². The maximum absolute atomic E-state index is 14.1. The molecule has 2 N–H and O–H groups in total. The number of amides is 1. The molecule has 4 nitrogen and oxygen atoms in total. The molecular weight excluding hydrogens is 277 g/mol. The second-order valence-corrected chi connectivity index (χ2v) is 5.81. The lowest BCUT2D eigenvalue weighted by Gasteiger charge is -2.11. The Hall–Kier alpha value is -1.30. The largest absolute Gasteiger partial charge is 0.368 e. The summed E-state index contributed by atoms with van der Waals surface area (Å²) in [5, 5.41) is 6.08. The van der Waals surface area contributed by atoms with Crippen molar-refractivity contribution in [2.75, 3.05) is 24.7 Å². The van der Waals surface area contributed by atoms with E-state index < -0.39 is 11.7 Å². The highest BCUT2D eigenvalue weighted by Gasteiger charge is 2.15. The predicted octanol–water partition coefficient (Wildman–Crippen LogP) is 2.91. The number of pyridine rings is 1. The van der Waals surface area contributed by atoms with Crippen LogP contribution in [0.15, 0.2) is 12.3 Å². The maximum atomic E-state index is 14.1. The third-order valence-electron chi connectivity index (χ3n) is 2.92. The average Bonchev–Trinajstić information content (AvgIpc) is 2.45. The van der Waals surface area contributed by atoms with Crippen LogP contribution >= 0.6 is 11.8 Å². The Labute approximate surface area is 123 Å². The van der Waals surface area contributed by atoms with Crippen molar-refractivity contribution < 1.29 is 9.18 Å². The highest BCUT2D eigenvalue weighted by atomic mass is 32.2. The van der Waals surface area contributed by atoms with E-state index in [4.69, 9.17) is 0 Å². The molecule has 1 atom stereocenters. The van der Waals surface area contributed by atoms with Crippen LogP contribution in [0.2, 0.25) is 0 Å². The van der Waals surface area contributed by atoms with Crippen molar-refractivity contribution in [2.45, 2.75) is 31.9 Å². The summed E-state index contributed by atoms with van der Waals surface area (Å²) in [4.78, 5) is 15.9. The molecule has 0 radical (unpaired) electrons. The third kappa shape index (κ3) is 5.00. The SMILES string of the molecule is CCCNc1nccc(C(=O)NCCC(C)SC)c1F. The van der Waals surface area contributed by atoms with Gasteiger partial charge in [-0.25, -0.2) is 9.37 Å². The molecule has 6 heteroatoms. The zero-order valence-corrected chi connectivity index (χ0v) is 13.0. The quantitative estimate of drug-likeness (QED) is 0.775. The second-order valence-electron chi connectivity index (χ2n) is 4.54. The molecule has 1 unspecified atom stereocenters. The summed E-state index contributed by atoms with van der Waals surface area (Å²) in [5.41, 5.74) is 0.0374. The molecule has 0 fully saturated rings. The standard InChI is InChI=1S/C14H22FN3OS/c1-4-7-16-13-12(15)11(6-9-17-13)14(19)18-8-5-10(2)20-3/h6,9-10H,4-5,7-8H2,1-3H3,(H,16,17)(H,18,19). The predicted molar refractivity (Wildman–Crippen MR) is 82.9 cm³/mol. The molecule has 1 aromatic rings. The third-order valence-corrected chi connectivity index (χ3v) is 3.96. The molecule has 112 valence electrons. The van der Waals surface area contributed by atoms with Gasteiger partial charge in [-0.15, -0.1) is 0 Å². The fourth-order valence-corrected chi connectivity index (χ4v) is 1.94. The highest BCUT2D eigenvalue weighted by molar-refractivity contribution is 7.99. The number of hydrogen-bond donors (Lipinski definition) is 2. The number of aromatic nitrogens is 1. The minimum atomic E-state index is -0.587. The Morgan fingerprint density at radius 3 is 2.90 bits per heavy atom. The van der Waals surface area contributed by atoms with Crippen LogP contribution in [-0.2, 0) is 0 Å². The minimum Gasteiger partial charge on any atom is -0.368 e. The maximum Gasteiger partial charge on any atom is 0.254 e. The molecule has 1 amide bonds. The smallest absolute Gasteiger partial charge is 0.254 e. The summed E-state index contributed by atoms with van der Waals surface area (Å²) in [5.74, 6) is -0.842. The van der Waals surface area contributed by atoms with Crippen LogP contribution in [0.25, 0.3) is 0 Å². The Morgan fingerprint density at radius 2 is 2.25 bits per heavy atom. The molecule has 0 aromatic carbocycles. The fourth-order valence-electron chi connectivity index (χ4n) is 1.59. The minimum absolute atomic E-state index is 0.0374. The van der Waals surface area contributed by atoms with Gasteiger partial charge in [-0.3, -0.25) is 4.79 Å². The lowest BCUT2D eigenvalue weighted by Crippen LogP contribution is -2.27. The number of halogens is 1. The number of rotatable bonds is 8. The average molecular weight is 299 g/mol. The number of thioether (sulfide) groups is 1. The summed E-state index contributed by atoms with van der Waals surface area (Å²) >= 11 is 1.74. The zero-order valence-electron chi connectivity index (χ0n) is 12.2. The molecule has 0 aliphatic carbocycles. The normalized spacial score (nSPS) is 12.0. The number of carbonyl (C=O) groups is 1.